The van der Waals surface area contributed by atoms with Gasteiger partial charge in [-0.15, -0.1) is 23.4 Å². The lowest BCUT2D eigenvalue weighted by Crippen LogP contribution is -2.36. The van der Waals surface area contributed by atoms with Crippen LogP contribution < -0.4 is 10.1 Å². The number of alkyl halides is 3. The van der Waals surface area contributed by atoms with Gasteiger partial charge in [0.25, 0.3) is 5.91 Å². The number of carbonyl (C=O) groups is 1. The number of nitrogens with zero attached hydrogens (tertiary/aromatic N) is 2. The molecule has 1 saturated carbocycles. The second-order valence-electron chi connectivity index (χ2n) is 7.54. The molecule has 4 rings (SSSR count). The lowest BCUT2D eigenvalue weighted by Gasteiger charge is -2.32. The summed E-state index contributed by atoms with van der Waals surface area (Å²) in [5.74, 6) is 0.694. The van der Waals surface area contributed by atoms with Crippen LogP contribution in [-0.2, 0) is 22.4 Å². The Morgan fingerprint density at radius 2 is 2.10 bits per heavy atom. The first-order valence-electron chi connectivity index (χ1n) is 9.67. The molecule has 2 heterocycles. The van der Waals surface area contributed by atoms with Crippen molar-refractivity contribution in [1.82, 2.24) is 15.5 Å². The third kappa shape index (κ3) is 5.37. The van der Waals surface area contributed by atoms with Crippen LogP contribution in [0.5, 0.6) is 5.75 Å². The number of rotatable bonds is 7. The predicted octanol–water partition coefficient (Wildman–Crippen LogP) is 4.07. The maximum atomic E-state index is 12.4. The minimum absolute atomic E-state index is 0.179. The van der Waals surface area contributed by atoms with Crippen molar-refractivity contribution in [2.24, 2.45) is 0 Å². The van der Waals surface area contributed by atoms with Crippen molar-refractivity contribution >= 4 is 17.5 Å². The van der Waals surface area contributed by atoms with Gasteiger partial charge in [-0.25, -0.2) is 0 Å². The lowest BCUT2D eigenvalue weighted by atomic mass is 9.82. The second-order valence-corrected chi connectivity index (χ2v) is 7.98. The van der Waals surface area contributed by atoms with Crippen LogP contribution in [0.15, 0.2) is 34.9 Å². The molecule has 11 heteroatoms. The van der Waals surface area contributed by atoms with Crippen molar-refractivity contribution in [2.75, 3.05) is 0 Å². The van der Waals surface area contributed by atoms with Crippen molar-refractivity contribution in [3.63, 3.8) is 0 Å². The van der Waals surface area contributed by atoms with Crippen molar-refractivity contribution < 1.29 is 31.9 Å². The third-order valence-corrected chi connectivity index (χ3v) is 5.39. The Balaban J connectivity index is 1.20. The molecule has 2 aromatic rings. The summed E-state index contributed by atoms with van der Waals surface area (Å²) in [5.41, 5.74) is 1.33. The van der Waals surface area contributed by atoms with E-state index >= 15 is 0 Å². The highest BCUT2D eigenvalue weighted by molar-refractivity contribution is 6.30. The summed E-state index contributed by atoms with van der Waals surface area (Å²) in [6.45, 7) is 3.84. The fraction of sp³-hybridized carbons (Fsp3) is 0.450. The van der Waals surface area contributed by atoms with Crippen LogP contribution in [0.25, 0.3) is 0 Å². The number of carbonyl (C=O) groups excluding carboxylic acids is 1. The minimum Gasteiger partial charge on any atom is -0.480 e. The average Bonchev–Trinajstić information content (AvgIpc) is 3.28. The van der Waals surface area contributed by atoms with Gasteiger partial charge in [0.05, 0.1) is 6.10 Å². The second kappa shape index (κ2) is 8.51. The van der Waals surface area contributed by atoms with Crippen molar-refractivity contribution in [3.05, 3.63) is 52.8 Å². The van der Waals surface area contributed by atoms with Gasteiger partial charge in [0.2, 0.25) is 11.8 Å². The molecule has 1 aromatic heterocycles. The summed E-state index contributed by atoms with van der Waals surface area (Å²) in [5, 5.41) is 11.1. The molecular formula is C20H19ClF3N3O4. The molecule has 1 aromatic carbocycles. The quantitative estimate of drug-likeness (QED) is 0.674. The van der Waals surface area contributed by atoms with Gasteiger partial charge in [-0.3, -0.25) is 9.53 Å². The molecule has 1 atom stereocenters. The number of halogens is 4. The van der Waals surface area contributed by atoms with Gasteiger partial charge in [0.15, 0.2) is 6.10 Å². The monoisotopic (exact) mass is 457 g/mol. The fourth-order valence-corrected chi connectivity index (χ4v) is 3.72. The van der Waals surface area contributed by atoms with Crippen LogP contribution in [0.4, 0.5) is 13.2 Å². The number of benzene rings is 1. The molecule has 1 aliphatic heterocycles. The van der Waals surface area contributed by atoms with E-state index in [1.165, 1.54) is 0 Å². The van der Waals surface area contributed by atoms with Crippen LogP contribution in [0.2, 0.25) is 5.02 Å². The van der Waals surface area contributed by atoms with Crippen LogP contribution in [0, 0.1) is 0 Å². The molecule has 0 spiro atoms. The maximum absolute atomic E-state index is 12.4. The summed E-state index contributed by atoms with van der Waals surface area (Å²) in [7, 11) is 0. The lowest BCUT2D eigenvalue weighted by molar-refractivity contribution is -0.352. The summed E-state index contributed by atoms with van der Waals surface area (Å²) < 4.78 is 51.7. The number of nitrogens with one attached hydrogen (secondary N) is 1. The van der Waals surface area contributed by atoms with E-state index in [1.807, 2.05) is 0 Å². The number of ether oxygens (including phenoxy) is 2. The maximum Gasteiger partial charge on any atom is 0.522 e. The van der Waals surface area contributed by atoms with E-state index in [1.54, 1.807) is 18.2 Å². The highest BCUT2D eigenvalue weighted by Gasteiger charge is 2.42. The summed E-state index contributed by atoms with van der Waals surface area (Å²) in [6, 6.07) is 5.20. The molecule has 7 nitrogen and oxygen atoms in total. The number of hydrogen-bond donors (Lipinski definition) is 1. The Morgan fingerprint density at radius 1 is 1.32 bits per heavy atom. The molecule has 0 saturated heterocycles. The zero-order valence-electron chi connectivity index (χ0n) is 16.2. The van der Waals surface area contributed by atoms with Crippen molar-refractivity contribution in [2.45, 2.75) is 56.6 Å². The van der Waals surface area contributed by atoms with Gasteiger partial charge in [-0.05, 0) is 43.0 Å². The van der Waals surface area contributed by atoms with Crippen LogP contribution in [-0.4, -0.2) is 34.7 Å². The van der Waals surface area contributed by atoms with E-state index < -0.39 is 18.6 Å². The zero-order chi connectivity index (χ0) is 22.2. The highest BCUT2D eigenvalue weighted by atomic mass is 35.5. The number of aryl methyl sites for hydroxylation is 1. The molecule has 2 aliphatic rings. The Labute approximate surface area is 180 Å². The topological polar surface area (TPSA) is 86.5 Å². The smallest absolute Gasteiger partial charge is 0.480 e. The van der Waals surface area contributed by atoms with Gasteiger partial charge < -0.3 is 14.5 Å². The normalized spacial score (nSPS) is 22.4. The van der Waals surface area contributed by atoms with E-state index in [2.05, 4.69) is 26.8 Å². The van der Waals surface area contributed by atoms with Gasteiger partial charge in [-0.1, -0.05) is 18.2 Å². The molecule has 1 N–H and O–H groups in total. The van der Waals surface area contributed by atoms with Gasteiger partial charge in [-0.2, -0.15) is 0 Å². The third-order valence-electron chi connectivity index (χ3n) is 5.16. The Hall–Kier alpha value is -2.59. The average molecular weight is 458 g/mol. The molecule has 1 aliphatic carbocycles. The van der Waals surface area contributed by atoms with Gasteiger partial charge in [0, 0.05) is 29.5 Å². The van der Waals surface area contributed by atoms with Crippen LogP contribution >= 0.6 is 11.6 Å². The number of fused-ring (bicyclic) bond motifs is 1. The molecule has 1 fully saturated rings. The first-order chi connectivity index (χ1) is 14.7. The molecule has 31 heavy (non-hydrogen) atoms. The standard InChI is InChI=1S/C20H19ClF3N3O4/c1-10(25-18(28)16-9-11-6-13(21)3-4-15(11)29-16)2-5-17-26-27-19(30-17)12-7-14(8-12)31-20(22,23)24/h3-4,6,12,14,16H,1-2,5,7-9H2,(H,25,28)/t12-,14+,16?. The molecule has 166 valence electrons. The van der Waals surface area contributed by atoms with Gasteiger partial charge >= 0.3 is 6.36 Å². The van der Waals surface area contributed by atoms with E-state index in [4.69, 9.17) is 20.8 Å². The molecule has 1 unspecified atom stereocenters. The van der Waals surface area contributed by atoms with Gasteiger partial charge in [0.1, 0.15) is 5.75 Å². The van der Waals surface area contributed by atoms with Crippen molar-refractivity contribution in [1.29, 1.82) is 0 Å². The number of allylic oxidation sites excluding steroid dienone is 1. The Kier molecular flexibility index (Phi) is 5.94. The van der Waals surface area contributed by atoms with E-state index in [0.29, 0.717) is 47.5 Å². The van der Waals surface area contributed by atoms with E-state index in [0.717, 1.165) is 5.56 Å². The number of aromatic nitrogens is 2. The molecule has 0 radical (unpaired) electrons. The number of hydrogen-bond acceptors (Lipinski definition) is 6. The Morgan fingerprint density at radius 3 is 2.84 bits per heavy atom. The van der Waals surface area contributed by atoms with Crippen LogP contribution in [0.1, 0.15) is 42.5 Å². The minimum atomic E-state index is -4.64. The summed E-state index contributed by atoms with van der Waals surface area (Å²) >= 11 is 5.96. The zero-order valence-corrected chi connectivity index (χ0v) is 17.0. The molecular weight excluding hydrogens is 439 g/mol. The SMILES string of the molecule is C=C(CCc1nnc([C@H]2C[C@@H](OC(F)(F)F)C2)o1)NC(=O)C1Cc2cc(Cl)ccc2O1. The molecule has 1 amide bonds. The van der Waals surface area contributed by atoms with Crippen LogP contribution in [0.3, 0.4) is 0 Å². The van der Waals surface area contributed by atoms with Crippen molar-refractivity contribution in [3.8, 4) is 5.75 Å². The summed E-state index contributed by atoms with van der Waals surface area (Å²) in [4.78, 5) is 12.4. The predicted molar refractivity (Wildman–Crippen MR) is 102 cm³/mol. The Bertz CT molecular complexity index is 988. The van der Waals surface area contributed by atoms with E-state index in [-0.39, 0.29) is 24.7 Å². The fourth-order valence-electron chi connectivity index (χ4n) is 3.52. The first kappa shape index (κ1) is 21.6. The number of amides is 1. The van der Waals surface area contributed by atoms with E-state index in [9.17, 15) is 18.0 Å². The largest absolute Gasteiger partial charge is 0.522 e. The highest BCUT2D eigenvalue weighted by Crippen LogP contribution is 2.40. The molecule has 0 bridgehead atoms. The first-order valence-corrected chi connectivity index (χ1v) is 10.0. The summed E-state index contributed by atoms with van der Waals surface area (Å²) in [6.07, 6.45) is -4.70.